The molecule has 1 aromatic heterocycles. The minimum Gasteiger partial charge on any atom is -0.343 e. The highest BCUT2D eigenvalue weighted by molar-refractivity contribution is 6.31. The fraction of sp³-hybridized carbons (Fsp3) is 0.250. The minimum absolute atomic E-state index is 0.565. The third-order valence-corrected chi connectivity index (χ3v) is 2.78. The van der Waals surface area contributed by atoms with Crippen molar-refractivity contribution in [3.05, 3.63) is 46.6 Å². The molecule has 0 aliphatic carbocycles. The molecule has 0 saturated carbocycles. The third kappa shape index (κ3) is 3.29. The van der Waals surface area contributed by atoms with Gasteiger partial charge in [0.25, 0.3) is 0 Å². The van der Waals surface area contributed by atoms with Crippen LogP contribution in [0, 0.1) is 11.3 Å². The molecule has 92 valence electrons. The first kappa shape index (κ1) is 12.6. The summed E-state index contributed by atoms with van der Waals surface area (Å²) in [5.41, 5.74) is 1.53. The quantitative estimate of drug-likeness (QED) is 0.834. The number of rotatable bonds is 5. The molecule has 0 aliphatic rings. The lowest BCUT2D eigenvalue weighted by atomic mass is 10.1. The number of halogens is 1. The van der Waals surface area contributed by atoms with Crippen LogP contribution in [0.1, 0.15) is 17.0 Å². The highest BCUT2D eigenvalue weighted by Gasteiger charge is 2.02. The molecule has 0 bridgehead atoms. The predicted octanol–water partition coefficient (Wildman–Crippen LogP) is 1.93. The maximum absolute atomic E-state index is 8.73. The molecule has 0 spiro atoms. The number of benzene rings is 1. The van der Waals surface area contributed by atoms with Crippen LogP contribution in [0.15, 0.2) is 29.1 Å². The molecular weight excluding hydrogens is 252 g/mol. The second kappa shape index (κ2) is 6.15. The summed E-state index contributed by atoms with van der Waals surface area (Å²) in [6.07, 6.45) is 2.01. The summed E-state index contributed by atoms with van der Waals surface area (Å²) in [5.74, 6) is 0.674. The molecule has 5 nitrogen and oxygen atoms in total. The zero-order valence-electron chi connectivity index (χ0n) is 9.56. The minimum atomic E-state index is 0.565. The van der Waals surface area contributed by atoms with Crippen LogP contribution >= 0.6 is 11.6 Å². The summed E-state index contributed by atoms with van der Waals surface area (Å²) in [6.45, 7) is 1.37. The molecule has 2 rings (SSSR count). The summed E-state index contributed by atoms with van der Waals surface area (Å²) in [4.78, 5) is 3.92. The maximum Gasteiger partial charge on any atom is 0.213 e. The standard InChI is InChI=1S/C12H11ClN4O/c13-11-5-9(6-14)1-2-10(11)7-15-4-3-12-16-8-18-17-12/h1-2,5,8,15H,3-4,7H2. The largest absolute Gasteiger partial charge is 0.343 e. The Hall–Kier alpha value is -1.90. The first-order chi connectivity index (χ1) is 8.79. The Bertz CT molecular complexity index is 548. The topological polar surface area (TPSA) is 74.7 Å². The van der Waals surface area contributed by atoms with Crippen LogP contribution < -0.4 is 5.32 Å². The molecule has 18 heavy (non-hydrogen) atoms. The summed E-state index contributed by atoms with van der Waals surface area (Å²) >= 11 is 6.06. The van der Waals surface area contributed by atoms with E-state index in [1.54, 1.807) is 12.1 Å². The zero-order chi connectivity index (χ0) is 12.8. The number of nitrogens with one attached hydrogen (secondary N) is 1. The first-order valence-electron chi connectivity index (χ1n) is 5.44. The van der Waals surface area contributed by atoms with Crippen LogP contribution in [0.4, 0.5) is 0 Å². The van der Waals surface area contributed by atoms with Gasteiger partial charge >= 0.3 is 0 Å². The molecule has 0 aliphatic heterocycles. The van der Waals surface area contributed by atoms with Gasteiger partial charge in [-0.25, -0.2) is 0 Å². The van der Waals surface area contributed by atoms with E-state index in [4.69, 9.17) is 16.9 Å². The van der Waals surface area contributed by atoms with Crippen molar-refractivity contribution in [2.24, 2.45) is 0 Å². The molecule has 0 amide bonds. The number of aromatic nitrogens is 2. The smallest absolute Gasteiger partial charge is 0.213 e. The van der Waals surface area contributed by atoms with Crippen LogP contribution in [-0.4, -0.2) is 16.7 Å². The van der Waals surface area contributed by atoms with Gasteiger partial charge < -0.3 is 9.84 Å². The molecule has 0 unspecified atom stereocenters. The van der Waals surface area contributed by atoms with Gasteiger partial charge in [-0.3, -0.25) is 0 Å². The SMILES string of the molecule is N#Cc1ccc(CNCCc2ncon2)c(Cl)c1. The summed E-state index contributed by atoms with van der Waals surface area (Å²) < 4.78 is 4.63. The average molecular weight is 263 g/mol. The Morgan fingerprint density at radius 2 is 2.33 bits per heavy atom. The fourth-order valence-electron chi connectivity index (χ4n) is 1.49. The van der Waals surface area contributed by atoms with Gasteiger partial charge in [-0.1, -0.05) is 22.8 Å². The monoisotopic (exact) mass is 262 g/mol. The normalized spacial score (nSPS) is 10.2. The Labute approximate surface area is 109 Å². The number of nitriles is 1. The van der Waals surface area contributed by atoms with Gasteiger partial charge in [-0.2, -0.15) is 10.2 Å². The summed E-state index contributed by atoms with van der Waals surface area (Å²) in [7, 11) is 0. The second-order valence-electron chi connectivity index (χ2n) is 3.69. The zero-order valence-corrected chi connectivity index (χ0v) is 10.3. The molecule has 1 heterocycles. The van der Waals surface area contributed by atoms with Gasteiger partial charge in [0.15, 0.2) is 5.82 Å². The maximum atomic E-state index is 8.73. The van der Waals surface area contributed by atoms with Gasteiger partial charge in [0.2, 0.25) is 6.39 Å². The fourth-order valence-corrected chi connectivity index (χ4v) is 1.73. The van der Waals surface area contributed by atoms with Crippen molar-refractivity contribution < 1.29 is 4.52 Å². The Kier molecular flexibility index (Phi) is 4.29. The van der Waals surface area contributed by atoms with Gasteiger partial charge in [0.1, 0.15) is 0 Å². The van der Waals surface area contributed by atoms with Crippen LogP contribution in [0.25, 0.3) is 0 Å². The third-order valence-electron chi connectivity index (χ3n) is 2.43. The highest BCUT2D eigenvalue weighted by Crippen LogP contribution is 2.17. The van der Waals surface area contributed by atoms with Crippen LogP contribution in [0.3, 0.4) is 0 Å². The van der Waals surface area contributed by atoms with Crippen molar-refractivity contribution in [2.45, 2.75) is 13.0 Å². The Balaban J connectivity index is 1.82. The molecule has 2 aromatic rings. The molecule has 6 heteroatoms. The number of nitrogens with zero attached hydrogens (tertiary/aromatic N) is 3. The first-order valence-corrected chi connectivity index (χ1v) is 5.82. The Morgan fingerprint density at radius 3 is 3.00 bits per heavy atom. The molecule has 0 fully saturated rings. The van der Waals surface area contributed by atoms with Crippen molar-refractivity contribution >= 4 is 11.6 Å². The van der Waals surface area contributed by atoms with E-state index in [0.29, 0.717) is 29.4 Å². The molecular formula is C12H11ClN4O. The van der Waals surface area contributed by atoms with Crippen molar-refractivity contribution in [2.75, 3.05) is 6.54 Å². The lowest BCUT2D eigenvalue weighted by Crippen LogP contribution is -2.17. The van der Waals surface area contributed by atoms with E-state index in [1.165, 1.54) is 6.39 Å². The highest BCUT2D eigenvalue weighted by atomic mass is 35.5. The van der Waals surface area contributed by atoms with Gasteiger partial charge in [-0.15, -0.1) is 0 Å². The van der Waals surface area contributed by atoms with Crippen LogP contribution in [0.2, 0.25) is 5.02 Å². The van der Waals surface area contributed by atoms with E-state index in [0.717, 1.165) is 12.1 Å². The van der Waals surface area contributed by atoms with Crippen molar-refractivity contribution in [1.29, 1.82) is 5.26 Å². The van der Waals surface area contributed by atoms with Crippen molar-refractivity contribution in [1.82, 2.24) is 15.5 Å². The van der Waals surface area contributed by atoms with Gasteiger partial charge in [0, 0.05) is 24.5 Å². The van der Waals surface area contributed by atoms with E-state index >= 15 is 0 Å². The lowest BCUT2D eigenvalue weighted by Gasteiger charge is -2.05. The lowest BCUT2D eigenvalue weighted by molar-refractivity contribution is 0.409. The molecule has 0 saturated heterocycles. The van der Waals surface area contributed by atoms with Crippen molar-refractivity contribution in [3.63, 3.8) is 0 Å². The Morgan fingerprint density at radius 1 is 1.44 bits per heavy atom. The van der Waals surface area contributed by atoms with Crippen LogP contribution in [-0.2, 0) is 13.0 Å². The molecule has 1 aromatic carbocycles. The number of hydrogen-bond acceptors (Lipinski definition) is 5. The van der Waals surface area contributed by atoms with E-state index < -0.39 is 0 Å². The van der Waals surface area contributed by atoms with Gasteiger partial charge in [-0.05, 0) is 17.7 Å². The summed E-state index contributed by atoms with van der Waals surface area (Å²) in [5, 5.41) is 16.3. The molecule has 0 radical (unpaired) electrons. The molecule has 1 N–H and O–H groups in total. The average Bonchev–Trinajstić information content (AvgIpc) is 2.89. The van der Waals surface area contributed by atoms with E-state index in [9.17, 15) is 0 Å². The van der Waals surface area contributed by atoms with Gasteiger partial charge in [0.05, 0.1) is 11.6 Å². The molecule has 0 atom stereocenters. The van der Waals surface area contributed by atoms with Crippen LogP contribution in [0.5, 0.6) is 0 Å². The van der Waals surface area contributed by atoms with Crippen molar-refractivity contribution in [3.8, 4) is 6.07 Å². The second-order valence-corrected chi connectivity index (χ2v) is 4.10. The summed E-state index contributed by atoms with van der Waals surface area (Å²) in [6, 6.07) is 7.31. The van der Waals surface area contributed by atoms with E-state index in [2.05, 4.69) is 20.0 Å². The van der Waals surface area contributed by atoms with E-state index in [1.807, 2.05) is 12.1 Å². The van der Waals surface area contributed by atoms with E-state index in [-0.39, 0.29) is 0 Å². The number of hydrogen-bond donors (Lipinski definition) is 1. The predicted molar refractivity (Wildman–Crippen MR) is 65.9 cm³/mol.